The van der Waals surface area contributed by atoms with Gasteiger partial charge >= 0.3 is 5.97 Å². The molecular weight excluding hydrogens is 386 g/mol. The highest BCUT2D eigenvalue weighted by Crippen LogP contribution is 2.28. The van der Waals surface area contributed by atoms with E-state index >= 15 is 0 Å². The Morgan fingerprint density at radius 2 is 2.00 bits per heavy atom. The van der Waals surface area contributed by atoms with Gasteiger partial charge in [-0.2, -0.15) is 0 Å². The van der Waals surface area contributed by atoms with Crippen LogP contribution in [0.5, 0.6) is 11.5 Å². The van der Waals surface area contributed by atoms with E-state index in [1.807, 2.05) is 31.2 Å². The van der Waals surface area contributed by atoms with Crippen LogP contribution in [0.4, 0.5) is 0 Å². The Morgan fingerprint density at radius 3 is 2.72 bits per heavy atom. The van der Waals surface area contributed by atoms with Crippen LogP contribution >= 0.6 is 15.9 Å². The molecule has 6 heteroatoms. The molecule has 0 saturated carbocycles. The van der Waals surface area contributed by atoms with Crippen molar-refractivity contribution in [3.63, 3.8) is 0 Å². The zero-order chi connectivity index (χ0) is 17.8. The molecule has 1 aliphatic heterocycles. The molecule has 5 nitrogen and oxygen atoms in total. The molecule has 2 aromatic rings. The maximum atomic E-state index is 12.2. The normalized spacial score (nSPS) is 15.1. The van der Waals surface area contributed by atoms with E-state index in [1.165, 1.54) is 0 Å². The highest BCUT2D eigenvalue weighted by Gasteiger charge is 2.25. The molecule has 3 rings (SSSR count). The van der Waals surface area contributed by atoms with Crippen molar-refractivity contribution in [3.8, 4) is 11.5 Å². The van der Waals surface area contributed by atoms with Crippen molar-refractivity contribution >= 4 is 33.9 Å². The van der Waals surface area contributed by atoms with E-state index in [4.69, 9.17) is 14.2 Å². The van der Waals surface area contributed by atoms with E-state index in [1.54, 1.807) is 31.4 Å². The number of halogens is 1. The Morgan fingerprint density at radius 1 is 1.20 bits per heavy atom. The monoisotopic (exact) mass is 401 g/mol. The van der Waals surface area contributed by atoms with Crippen molar-refractivity contribution in [2.45, 2.75) is 6.92 Å². The fourth-order valence-electron chi connectivity index (χ4n) is 2.37. The number of nitrogens with zero attached hydrogens (tertiary/aromatic N) is 1. The highest BCUT2D eigenvalue weighted by atomic mass is 79.9. The summed E-state index contributed by atoms with van der Waals surface area (Å²) >= 11 is 3.41. The second-order valence-electron chi connectivity index (χ2n) is 5.16. The number of methoxy groups -OCH3 is 1. The molecule has 0 radical (unpaired) electrons. The van der Waals surface area contributed by atoms with Gasteiger partial charge in [0.2, 0.25) is 5.90 Å². The molecular formula is C19H16BrNO4. The van der Waals surface area contributed by atoms with Gasteiger partial charge in [-0.1, -0.05) is 18.2 Å². The average molecular weight is 402 g/mol. The molecule has 0 saturated heterocycles. The van der Waals surface area contributed by atoms with Gasteiger partial charge in [0, 0.05) is 11.1 Å². The van der Waals surface area contributed by atoms with Crippen LogP contribution in [0.3, 0.4) is 0 Å². The summed E-state index contributed by atoms with van der Waals surface area (Å²) in [6.07, 6.45) is 1.67. The fourth-order valence-corrected chi connectivity index (χ4v) is 2.91. The third kappa shape index (κ3) is 3.74. The lowest BCUT2D eigenvalue weighted by molar-refractivity contribution is -0.129. The molecule has 0 aromatic heterocycles. The summed E-state index contributed by atoms with van der Waals surface area (Å²) in [5, 5.41) is 0. The number of ether oxygens (including phenoxy) is 3. The summed E-state index contributed by atoms with van der Waals surface area (Å²) in [6.45, 7) is 2.45. The maximum Gasteiger partial charge on any atom is 0.363 e. The first-order valence-corrected chi connectivity index (χ1v) is 8.50. The Kier molecular flexibility index (Phi) is 5.19. The highest BCUT2D eigenvalue weighted by molar-refractivity contribution is 9.10. The van der Waals surface area contributed by atoms with Gasteiger partial charge in [-0.25, -0.2) is 9.79 Å². The van der Waals surface area contributed by atoms with Crippen LogP contribution in [0.1, 0.15) is 18.1 Å². The van der Waals surface area contributed by atoms with E-state index in [9.17, 15) is 4.79 Å². The fraction of sp³-hybridized carbons (Fsp3) is 0.158. The smallest absolute Gasteiger partial charge is 0.363 e. The number of esters is 1. The minimum absolute atomic E-state index is 0.231. The first-order chi connectivity index (χ1) is 12.1. The SMILES string of the molecule is CCOc1ccccc1/C=C1/N=C(c2ccc(OC)c(Br)c2)OC1=O. The summed E-state index contributed by atoms with van der Waals surface area (Å²) in [4.78, 5) is 16.5. The van der Waals surface area contributed by atoms with Gasteiger partial charge in [-0.05, 0) is 53.2 Å². The summed E-state index contributed by atoms with van der Waals surface area (Å²) in [7, 11) is 1.59. The molecule has 0 N–H and O–H groups in total. The summed E-state index contributed by atoms with van der Waals surface area (Å²) < 4.78 is 16.8. The topological polar surface area (TPSA) is 57.1 Å². The number of aliphatic imine (C=N–C) groups is 1. The van der Waals surface area contributed by atoms with Gasteiger partial charge in [-0.15, -0.1) is 0 Å². The van der Waals surface area contributed by atoms with E-state index in [0.29, 0.717) is 23.7 Å². The predicted molar refractivity (Wildman–Crippen MR) is 98.9 cm³/mol. The molecule has 0 atom stereocenters. The summed E-state index contributed by atoms with van der Waals surface area (Å²) in [6, 6.07) is 12.8. The molecule has 1 aliphatic rings. The van der Waals surface area contributed by atoms with Gasteiger partial charge < -0.3 is 14.2 Å². The van der Waals surface area contributed by atoms with Crippen LogP contribution < -0.4 is 9.47 Å². The Balaban J connectivity index is 1.94. The van der Waals surface area contributed by atoms with Crippen molar-refractivity contribution < 1.29 is 19.0 Å². The molecule has 0 aliphatic carbocycles. The Bertz CT molecular complexity index is 873. The van der Waals surface area contributed by atoms with Crippen LogP contribution in [0, 0.1) is 0 Å². The van der Waals surface area contributed by atoms with Crippen molar-refractivity contribution in [1.29, 1.82) is 0 Å². The van der Waals surface area contributed by atoms with E-state index in [2.05, 4.69) is 20.9 Å². The van der Waals surface area contributed by atoms with Crippen molar-refractivity contribution in [2.75, 3.05) is 13.7 Å². The van der Waals surface area contributed by atoms with E-state index in [-0.39, 0.29) is 11.6 Å². The second-order valence-corrected chi connectivity index (χ2v) is 6.01. The molecule has 0 fully saturated rings. The Hall–Kier alpha value is -2.60. The number of carbonyl (C=O) groups excluding carboxylic acids is 1. The molecule has 25 heavy (non-hydrogen) atoms. The first-order valence-electron chi connectivity index (χ1n) is 7.70. The predicted octanol–water partition coefficient (Wildman–Crippen LogP) is 4.20. The molecule has 128 valence electrons. The summed E-state index contributed by atoms with van der Waals surface area (Å²) in [5.74, 6) is 1.15. The number of rotatable bonds is 5. The maximum absolute atomic E-state index is 12.2. The van der Waals surface area contributed by atoms with Crippen LogP contribution in [0.15, 0.2) is 57.6 Å². The van der Waals surface area contributed by atoms with Gasteiger partial charge in [0.15, 0.2) is 5.70 Å². The van der Waals surface area contributed by atoms with Crippen LogP contribution in [-0.4, -0.2) is 25.6 Å². The first kappa shape index (κ1) is 17.2. The number of hydrogen-bond donors (Lipinski definition) is 0. The van der Waals surface area contributed by atoms with Gasteiger partial charge in [0.25, 0.3) is 0 Å². The third-order valence-corrected chi connectivity index (χ3v) is 4.15. The molecule has 1 heterocycles. The number of carbonyl (C=O) groups is 1. The average Bonchev–Trinajstić information content (AvgIpc) is 2.97. The molecule has 0 unspecified atom stereocenters. The third-order valence-electron chi connectivity index (χ3n) is 3.53. The molecule has 0 amide bonds. The van der Waals surface area contributed by atoms with E-state index in [0.717, 1.165) is 10.0 Å². The lowest BCUT2D eigenvalue weighted by atomic mass is 10.1. The lowest BCUT2D eigenvalue weighted by Crippen LogP contribution is -2.05. The van der Waals surface area contributed by atoms with Crippen molar-refractivity contribution in [2.24, 2.45) is 4.99 Å². The van der Waals surface area contributed by atoms with Crippen LogP contribution in [-0.2, 0) is 9.53 Å². The Labute approximate surface area is 154 Å². The molecule has 0 spiro atoms. The number of para-hydroxylation sites is 1. The van der Waals surface area contributed by atoms with Gasteiger partial charge in [0.1, 0.15) is 11.5 Å². The van der Waals surface area contributed by atoms with Crippen LogP contribution in [0.25, 0.3) is 6.08 Å². The van der Waals surface area contributed by atoms with Crippen molar-refractivity contribution in [3.05, 3.63) is 63.8 Å². The number of cyclic esters (lactones) is 1. The molecule has 0 bridgehead atoms. The largest absolute Gasteiger partial charge is 0.496 e. The zero-order valence-corrected chi connectivity index (χ0v) is 15.4. The van der Waals surface area contributed by atoms with Crippen LogP contribution in [0.2, 0.25) is 0 Å². The number of hydrogen-bond acceptors (Lipinski definition) is 5. The summed E-state index contributed by atoms with van der Waals surface area (Å²) in [5.41, 5.74) is 1.69. The second kappa shape index (κ2) is 7.53. The van der Waals surface area contributed by atoms with E-state index < -0.39 is 5.97 Å². The minimum atomic E-state index is -0.492. The van der Waals surface area contributed by atoms with Gasteiger partial charge in [-0.3, -0.25) is 0 Å². The minimum Gasteiger partial charge on any atom is -0.496 e. The van der Waals surface area contributed by atoms with Crippen molar-refractivity contribution in [1.82, 2.24) is 0 Å². The lowest BCUT2D eigenvalue weighted by Gasteiger charge is -2.06. The van der Waals surface area contributed by atoms with Gasteiger partial charge in [0.05, 0.1) is 18.2 Å². The zero-order valence-electron chi connectivity index (χ0n) is 13.8. The quantitative estimate of drug-likeness (QED) is 0.556. The molecule has 2 aromatic carbocycles. The standard InChI is InChI=1S/C19H16BrNO4/c1-3-24-16-7-5-4-6-12(16)11-15-19(22)25-18(21-15)13-8-9-17(23-2)14(20)10-13/h4-11H,3H2,1-2H3/b15-11+. The number of benzene rings is 2.